The third kappa shape index (κ3) is 2.92. The fourth-order valence-corrected chi connectivity index (χ4v) is 3.87. The van der Waals surface area contributed by atoms with Crippen molar-refractivity contribution in [3.8, 4) is 0 Å². The average Bonchev–Trinajstić information content (AvgIpc) is 2.91. The molecule has 4 heteroatoms. The first-order valence-electron chi connectivity index (χ1n) is 7.11. The Balaban J connectivity index is 1.53. The number of hydrogen-bond acceptors (Lipinski definition) is 4. The molecular weight excluding hydrogens is 244 g/mol. The first kappa shape index (κ1) is 12.6. The number of hydrogen-bond donors (Lipinski definition) is 1. The molecule has 0 radical (unpaired) electrons. The van der Waals surface area contributed by atoms with Gasteiger partial charge in [0, 0.05) is 30.3 Å². The third-order valence-electron chi connectivity index (χ3n) is 4.31. The van der Waals surface area contributed by atoms with Crippen LogP contribution in [0.2, 0.25) is 0 Å². The maximum atomic E-state index is 6.12. The Morgan fingerprint density at radius 2 is 2.28 bits per heavy atom. The Bertz CT molecular complexity index is 354. The molecule has 0 aromatic carbocycles. The molecule has 1 saturated carbocycles. The predicted molar refractivity (Wildman–Crippen MR) is 73.7 cm³/mol. The van der Waals surface area contributed by atoms with E-state index in [4.69, 9.17) is 4.74 Å². The van der Waals surface area contributed by atoms with Crippen molar-refractivity contribution in [3.05, 3.63) is 16.6 Å². The molecule has 0 bridgehead atoms. The topological polar surface area (TPSA) is 34.2 Å². The van der Waals surface area contributed by atoms with Crippen LogP contribution in [0.3, 0.4) is 0 Å². The van der Waals surface area contributed by atoms with Crippen molar-refractivity contribution in [1.82, 2.24) is 10.3 Å². The van der Waals surface area contributed by atoms with E-state index in [-0.39, 0.29) is 5.60 Å². The molecule has 1 atom stereocenters. The van der Waals surface area contributed by atoms with Gasteiger partial charge >= 0.3 is 0 Å². The van der Waals surface area contributed by atoms with Gasteiger partial charge in [0.15, 0.2) is 0 Å². The monoisotopic (exact) mass is 266 g/mol. The molecule has 3 rings (SSSR count). The van der Waals surface area contributed by atoms with E-state index in [1.165, 1.54) is 43.4 Å². The second kappa shape index (κ2) is 5.68. The van der Waals surface area contributed by atoms with Crippen molar-refractivity contribution < 1.29 is 4.74 Å². The highest BCUT2D eigenvalue weighted by Gasteiger charge is 2.38. The Hall–Kier alpha value is -0.450. The van der Waals surface area contributed by atoms with E-state index in [1.807, 2.05) is 11.7 Å². The molecule has 1 N–H and O–H groups in total. The molecule has 2 fully saturated rings. The summed E-state index contributed by atoms with van der Waals surface area (Å²) in [6, 6.07) is 0.624. The molecule has 18 heavy (non-hydrogen) atoms. The lowest BCUT2D eigenvalue weighted by Crippen LogP contribution is -2.47. The first-order valence-corrected chi connectivity index (χ1v) is 7.99. The Morgan fingerprint density at radius 3 is 3.06 bits per heavy atom. The van der Waals surface area contributed by atoms with Crippen molar-refractivity contribution in [1.29, 1.82) is 0 Å². The van der Waals surface area contributed by atoms with Crippen LogP contribution in [0.4, 0.5) is 0 Å². The highest BCUT2D eigenvalue weighted by Crippen LogP contribution is 2.38. The van der Waals surface area contributed by atoms with E-state index in [2.05, 4.69) is 10.3 Å². The molecule has 1 aromatic heterocycles. The normalized spacial score (nSPS) is 27.4. The molecule has 1 aromatic rings. The van der Waals surface area contributed by atoms with Gasteiger partial charge in [-0.1, -0.05) is 19.3 Å². The van der Waals surface area contributed by atoms with Crippen LogP contribution in [-0.4, -0.2) is 23.2 Å². The average molecular weight is 266 g/mol. The molecule has 100 valence electrons. The van der Waals surface area contributed by atoms with Crippen molar-refractivity contribution in [2.75, 3.05) is 6.61 Å². The minimum atomic E-state index is 0.210. The Kier molecular flexibility index (Phi) is 3.97. The summed E-state index contributed by atoms with van der Waals surface area (Å²) >= 11 is 1.73. The maximum Gasteiger partial charge on any atom is 0.0794 e. The highest BCUT2D eigenvalue weighted by molar-refractivity contribution is 7.09. The molecule has 1 unspecified atom stereocenters. The van der Waals surface area contributed by atoms with Crippen molar-refractivity contribution in [2.45, 2.75) is 63.1 Å². The van der Waals surface area contributed by atoms with Crippen LogP contribution in [0.1, 0.15) is 49.8 Å². The van der Waals surface area contributed by atoms with Gasteiger partial charge in [-0.3, -0.25) is 4.98 Å². The van der Waals surface area contributed by atoms with Crippen LogP contribution in [0.5, 0.6) is 0 Å². The number of rotatable bonds is 3. The van der Waals surface area contributed by atoms with E-state index < -0.39 is 0 Å². The number of nitrogens with one attached hydrogen (secondary N) is 1. The fraction of sp³-hybridized carbons (Fsp3) is 0.786. The van der Waals surface area contributed by atoms with Gasteiger partial charge in [0.25, 0.3) is 0 Å². The van der Waals surface area contributed by atoms with Gasteiger partial charge < -0.3 is 10.1 Å². The smallest absolute Gasteiger partial charge is 0.0794 e. The zero-order chi connectivity index (χ0) is 12.3. The molecular formula is C14H22N2OS. The second-order valence-electron chi connectivity index (χ2n) is 5.63. The van der Waals surface area contributed by atoms with Crippen LogP contribution in [0.15, 0.2) is 11.7 Å². The standard InChI is InChI=1S/C14H22N2OS/c1-2-5-14(6-3-1)8-12(4-7-17-14)16-10-13-9-15-11-18-13/h9,11-12,16H,1-8,10H2. The van der Waals surface area contributed by atoms with E-state index in [9.17, 15) is 0 Å². The highest BCUT2D eigenvalue weighted by atomic mass is 32.1. The molecule has 1 aliphatic carbocycles. The maximum absolute atomic E-state index is 6.12. The van der Waals surface area contributed by atoms with Crippen LogP contribution < -0.4 is 5.32 Å². The molecule has 3 nitrogen and oxygen atoms in total. The molecule has 2 heterocycles. The van der Waals surface area contributed by atoms with Gasteiger partial charge in [0.2, 0.25) is 0 Å². The van der Waals surface area contributed by atoms with Crippen molar-refractivity contribution in [3.63, 3.8) is 0 Å². The van der Waals surface area contributed by atoms with Gasteiger partial charge in [-0.2, -0.15) is 0 Å². The Morgan fingerprint density at radius 1 is 1.39 bits per heavy atom. The van der Waals surface area contributed by atoms with Crippen LogP contribution in [0.25, 0.3) is 0 Å². The summed E-state index contributed by atoms with van der Waals surface area (Å²) in [7, 11) is 0. The van der Waals surface area contributed by atoms with Gasteiger partial charge in [0.1, 0.15) is 0 Å². The summed E-state index contributed by atoms with van der Waals surface area (Å²) in [5.74, 6) is 0. The fourth-order valence-electron chi connectivity index (χ4n) is 3.32. The predicted octanol–water partition coefficient (Wildman–Crippen LogP) is 3.11. The summed E-state index contributed by atoms with van der Waals surface area (Å²) < 4.78 is 6.12. The number of nitrogens with zero attached hydrogens (tertiary/aromatic N) is 1. The van der Waals surface area contributed by atoms with E-state index in [1.54, 1.807) is 11.3 Å². The van der Waals surface area contributed by atoms with Crippen molar-refractivity contribution >= 4 is 11.3 Å². The number of ether oxygens (including phenoxy) is 1. The van der Waals surface area contributed by atoms with Gasteiger partial charge in [-0.05, 0) is 25.7 Å². The lowest BCUT2D eigenvalue weighted by molar-refractivity contribution is -0.109. The second-order valence-corrected chi connectivity index (χ2v) is 6.60. The zero-order valence-corrected chi connectivity index (χ0v) is 11.7. The zero-order valence-electron chi connectivity index (χ0n) is 10.9. The lowest BCUT2D eigenvalue weighted by atomic mass is 9.78. The lowest BCUT2D eigenvalue weighted by Gasteiger charge is -2.43. The minimum absolute atomic E-state index is 0.210. The van der Waals surface area contributed by atoms with Crippen molar-refractivity contribution in [2.24, 2.45) is 0 Å². The quantitative estimate of drug-likeness (QED) is 0.912. The van der Waals surface area contributed by atoms with Gasteiger partial charge in [-0.15, -0.1) is 11.3 Å². The summed E-state index contributed by atoms with van der Waals surface area (Å²) in [6.07, 6.45) is 10.9. The van der Waals surface area contributed by atoms with Crippen LogP contribution in [0, 0.1) is 0 Å². The molecule has 1 aliphatic heterocycles. The van der Waals surface area contributed by atoms with Gasteiger partial charge in [-0.25, -0.2) is 0 Å². The summed E-state index contributed by atoms with van der Waals surface area (Å²) in [5, 5.41) is 3.69. The molecule has 1 spiro atoms. The number of thiazole rings is 1. The first-order chi connectivity index (χ1) is 8.86. The molecule has 1 saturated heterocycles. The minimum Gasteiger partial charge on any atom is -0.375 e. The van der Waals surface area contributed by atoms with Crippen LogP contribution in [-0.2, 0) is 11.3 Å². The van der Waals surface area contributed by atoms with E-state index in [0.717, 1.165) is 19.6 Å². The van der Waals surface area contributed by atoms with Gasteiger partial charge in [0.05, 0.1) is 11.1 Å². The summed E-state index contributed by atoms with van der Waals surface area (Å²) in [5.41, 5.74) is 2.12. The molecule has 2 aliphatic rings. The molecule has 0 amide bonds. The van der Waals surface area contributed by atoms with E-state index in [0.29, 0.717) is 6.04 Å². The summed E-state index contributed by atoms with van der Waals surface area (Å²) in [4.78, 5) is 5.46. The van der Waals surface area contributed by atoms with E-state index >= 15 is 0 Å². The third-order valence-corrected chi connectivity index (χ3v) is 5.09. The summed E-state index contributed by atoms with van der Waals surface area (Å²) in [6.45, 7) is 1.89. The number of aromatic nitrogens is 1. The van der Waals surface area contributed by atoms with Crippen LogP contribution >= 0.6 is 11.3 Å². The largest absolute Gasteiger partial charge is 0.375 e. The SMILES string of the molecule is c1ncc(CNC2CCOC3(CCCCC3)C2)s1. The Labute approximate surface area is 113 Å².